The molecule has 0 N–H and O–H groups in total. The number of nitrogens with zero attached hydrogens (tertiary/aromatic N) is 1. The van der Waals surface area contributed by atoms with E-state index < -0.39 is 13.9 Å². The number of carbonyl (C=O) groups excluding carboxylic acids is 1. The van der Waals surface area contributed by atoms with E-state index in [-0.39, 0.29) is 32.2 Å². The van der Waals surface area contributed by atoms with Gasteiger partial charge in [-0.25, -0.2) is 0 Å². The van der Waals surface area contributed by atoms with E-state index in [1.54, 1.807) is 0 Å². The fourth-order valence-corrected chi connectivity index (χ4v) is 6.73. The van der Waals surface area contributed by atoms with Crippen molar-refractivity contribution >= 4 is 13.8 Å². The van der Waals surface area contributed by atoms with Crippen molar-refractivity contribution in [2.75, 3.05) is 54.1 Å². The lowest BCUT2D eigenvalue weighted by molar-refractivity contribution is -0.870. The highest BCUT2D eigenvalue weighted by Crippen LogP contribution is 2.38. The fourth-order valence-electron chi connectivity index (χ4n) is 6.00. The number of quaternary nitrogens is 1. The Morgan fingerprint density at radius 1 is 0.561 bits per heavy atom. The number of likely N-dealkylation sites (N-methyl/N-ethyl adjacent to an activating group) is 1. The molecular weight excluding hydrogens is 734 g/mol. The molecule has 0 amide bonds. The first kappa shape index (κ1) is 55.2. The van der Waals surface area contributed by atoms with E-state index in [0.717, 1.165) is 70.6 Å². The van der Waals surface area contributed by atoms with Gasteiger partial charge in [-0.1, -0.05) is 158 Å². The number of hydrogen-bond acceptors (Lipinski definition) is 7. The van der Waals surface area contributed by atoms with E-state index in [0.29, 0.717) is 17.6 Å². The standard InChI is InChI=1S/C48H88NO7P/c1-6-8-10-12-14-16-18-20-22-24-26-28-30-32-34-36-38-40-43-53-45-47(46-55-57(51,52)54-44-42-49(3,4)5)56-48(50)41-39-37-35-33-31-29-27-25-23-21-19-17-15-13-11-9-7-2/h9,11,15,17,20-23,27,29,47H,6-8,10,12-14,16,18-19,24-26,28,30-46H2,1-5H3/b11-9-,17-15-,22-20-,23-21-,29-27-. The fraction of sp³-hybridized carbons (Fsp3) is 0.771. The molecule has 0 aliphatic rings. The summed E-state index contributed by atoms with van der Waals surface area (Å²) in [6.45, 7) is 5.25. The number of carbonyl (C=O) groups is 1. The second-order valence-electron chi connectivity index (χ2n) is 16.4. The molecule has 332 valence electrons. The van der Waals surface area contributed by atoms with E-state index in [9.17, 15) is 14.3 Å². The number of unbranched alkanes of at least 4 members (excludes halogenated alkanes) is 18. The number of phosphoric acid groups is 1. The molecule has 0 aliphatic carbocycles. The smallest absolute Gasteiger partial charge is 0.306 e. The summed E-state index contributed by atoms with van der Waals surface area (Å²) < 4.78 is 34.6. The summed E-state index contributed by atoms with van der Waals surface area (Å²) in [7, 11) is 1.33. The van der Waals surface area contributed by atoms with E-state index in [2.05, 4.69) is 74.6 Å². The van der Waals surface area contributed by atoms with Gasteiger partial charge in [0, 0.05) is 13.0 Å². The molecule has 0 bridgehead atoms. The van der Waals surface area contributed by atoms with Gasteiger partial charge in [0.05, 0.1) is 34.4 Å². The van der Waals surface area contributed by atoms with Crippen LogP contribution in [0.4, 0.5) is 0 Å². The molecule has 0 rings (SSSR count). The van der Waals surface area contributed by atoms with Crippen molar-refractivity contribution in [2.45, 2.75) is 187 Å². The average Bonchev–Trinajstić information content (AvgIpc) is 3.16. The zero-order valence-corrected chi connectivity index (χ0v) is 38.4. The number of esters is 1. The van der Waals surface area contributed by atoms with Crippen LogP contribution in [0.1, 0.15) is 181 Å². The van der Waals surface area contributed by atoms with Crippen LogP contribution < -0.4 is 4.89 Å². The SMILES string of the molecule is CC/C=C\C/C=C\C/C=C\C/C=C\CCCCCCC(=O)OC(COCCCCCCCCCC/C=C\CCCCCCCC)COP(=O)([O-])OCC[N+](C)(C)C. The predicted octanol–water partition coefficient (Wildman–Crippen LogP) is 13.1. The normalized spacial score (nSPS) is 14.3. The molecular formula is C48H88NO7P. The summed E-state index contributed by atoms with van der Waals surface area (Å²) in [5.41, 5.74) is 0. The van der Waals surface area contributed by atoms with Gasteiger partial charge in [-0.2, -0.15) is 0 Å². The molecule has 0 saturated carbocycles. The van der Waals surface area contributed by atoms with Crippen molar-refractivity contribution in [3.05, 3.63) is 60.8 Å². The highest BCUT2D eigenvalue weighted by atomic mass is 31.2. The van der Waals surface area contributed by atoms with Gasteiger partial charge in [0.25, 0.3) is 7.82 Å². The number of allylic oxidation sites excluding steroid dienone is 10. The number of hydrogen-bond donors (Lipinski definition) is 0. The first-order chi connectivity index (χ1) is 27.6. The molecule has 2 unspecified atom stereocenters. The highest BCUT2D eigenvalue weighted by Gasteiger charge is 2.20. The van der Waals surface area contributed by atoms with Crippen LogP contribution in [0.3, 0.4) is 0 Å². The molecule has 0 aromatic heterocycles. The second-order valence-corrected chi connectivity index (χ2v) is 17.8. The third kappa shape index (κ3) is 45.1. The van der Waals surface area contributed by atoms with Crippen molar-refractivity contribution in [1.82, 2.24) is 0 Å². The minimum absolute atomic E-state index is 0.0181. The van der Waals surface area contributed by atoms with E-state index in [4.69, 9.17) is 18.5 Å². The molecule has 57 heavy (non-hydrogen) atoms. The van der Waals surface area contributed by atoms with E-state index in [1.807, 2.05) is 21.1 Å². The molecule has 2 atom stereocenters. The monoisotopic (exact) mass is 822 g/mol. The maximum atomic E-state index is 12.7. The van der Waals surface area contributed by atoms with Crippen LogP contribution in [0.2, 0.25) is 0 Å². The number of ether oxygens (including phenoxy) is 2. The third-order valence-electron chi connectivity index (χ3n) is 9.55. The van der Waals surface area contributed by atoms with E-state index >= 15 is 0 Å². The van der Waals surface area contributed by atoms with Crippen molar-refractivity contribution in [3.63, 3.8) is 0 Å². The summed E-state index contributed by atoms with van der Waals surface area (Å²) in [5, 5.41) is 0. The number of phosphoric ester groups is 1. The van der Waals surface area contributed by atoms with Gasteiger partial charge in [0.2, 0.25) is 0 Å². The molecule has 9 heteroatoms. The van der Waals surface area contributed by atoms with Gasteiger partial charge >= 0.3 is 5.97 Å². The Morgan fingerprint density at radius 2 is 1.02 bits per heavy atom. The van der Waals surface area contributed by atoms with Gasteiger partial charge in [-0.3, -0.25) is 9.36 Å². The van der Waals surface area contributed by atoms with Crippen LogP contribution in [-0.4, -0.2) is 70.7 Å². The highest BCUT2D eigenvalue weighted by molar-refractivity contribution is 7.45. The van der Waals surface area contributed by atoms with Crippen LogP contribution in [0.25, 0.3) is 0 Å². The van der Waals surface area contributed by atoms with Gasteiger partial charge in [-0.15, -0.1) is 0 Å². The first-order valence-electron chi connectivity index (χ1n) is 23.0. The Bertz CT molecular complexity index is 1090. The van der Waals surface area contributed by atoms with Gasteiger partial charge in [0.1, 0.15) is 19.3 Å². The first-order valence-corrected chi connectivity index (χ1v) is 24.5. The summed E-state index contributed by atoms with van der Waals surface area (Å²) in [5.74, 6) is -0.359. The topological polar surface area (TPSA) is 94.1 Å². The Morgan fingerprint density at radius 3 is 1.54 bits per heavy atom. The lowest BCUT2D eigenvalue weighted by Crippen LogP contribution is -2.37. The molecule has 0 spiro atoms. The zero-order valence-electron chi connectivity index (χ0n) is 37.5. The third-order valence-corrected chi connectivity index (χ3v) is 10.5. The second kappa shape index (κ2) is 41.0. The van der Waals surface area contributed by atoms with Crippen molar-refractivity contribution < 1.29 is 37.3 Å². The summed E-state index contributed by atoms with van der Waals surface area (Å²) >= 11 is 0. The van der Waals surface area contributed by atoms with Crippen LogP contribution in [0, 0.1) is 0 Å². The molecule has 0 aromatic carbocycles. The Labute approximate surface area is 351 Å². The largest absolute Gasteiger partial charge is 0.756 e. The van der Waals surface area contributed by atoms with Crippen LogP contribution >= 0.6 is 7.82 Å². The van der Waals surface area contributed by atoms with Crippen molar-refractivity contribution in [1.29, 1.82) is 0 Å². The molecule has 0 heterocycles. The van der Waals surface area contributed by atoms with Gasteiger partial charge in [0.15, 0.2) is 0 Å². The molecule has 0 fully saturated rings. The summed E-state index contributed by atoms with van der Waals surface area (Å²) in [4.78, 5) is 25.1. The van der Waals surface area contributed by atoms with Crippen molar-refractivity contribution in [3.8, 4) is 0 Å². The Kier molecular flexibility index (Phi) is 39.7. The zero-order chi connectivity index (χ0) is 42.0. The molecule has 0 radical (unpaired) electrons. The van der Waals surface area contributed by atoms with Gasteiger partial charge < -0.3 is 27.9 Å². The Balaban J connectivity index is 4.26. The maximum Gasteiger partial charge on any atom is 0.306 e. The van der Waals surface area contributed by atoms with Crippen molar-refractivity contribution in [2.24, 2.45) is 0 Å². The quantitative estimate of drug-likeness (QED) is 0.0199. The maximum absolute atomic E-state index is 12.7. The summed E-state index contributed by atoms with van der Waals surface area (Å²) in [6, 6.07) is 0. The van der Waals surface area contributed by atoms with Crippen LogP contribution in [0.15, 0.2) is 60.8 Å². The molecule has 0 aliphatic heterocycles. The minimum Gasteiger partial charge on any atom is -0.756 e. The molecule has 0 aromatic rings. The molecule has 0 saturated heterocycles. The lowest BCUT2D eigenvalue weighted by atomic mass is 10.1. The average molecular weight is 822 g/mol. The lowest BCUT2D eigenvalue weighted by Gasteiger charge is -2.28. The van der Waals surface area contributed by atoms with Crippen LogP contribution in [-0.2, 0) is 27.9 Å². The Hall–Kier alpha value is -1.80. The predicted molar refractivity (Wildman–Crippen MR) is 240 cm³/mol. The van der Waals surface area contributed by atoms with E-state index in [1.165, 1.54) is 89.9 Å². The minimum atomic E-state index is -4.54. The number of rotatable bonds is 42. The van der Waals surface area contributed by atoms with Gasteiger partial charge in [-0.05, 0) is 77.0 Å². The summed E-state index contributed by atoms with van der Waals surface area (Å²) in [6.07, 6.45) is 50.9. The molecule has 8 nitrogen and oxygen atoms in total. The van der Waals surface area contributed by atoms with Crippen LogP contribution in [0.5, 0.6) is 0 Å².